The molecule has 5 nitrogen and oxygen atoms in total. The first-order valence-electron chi connectivity index (χ1n) is 9.71. The zero-order valence-electron chi connectivity index (χ0n) is 15.8. The lowest BCUT2D eigenvalue weighted by molar-refractivity contribution is 0.482. The van der Waals surface area contributed by atoms with Gasteiger partial charge in [0.2, 0.25) is 5.95 Å². The number of halogens is 1. The number of rotatable bonds is 4. The molecule has 3 N–H and O–H groups in total. The van der Waals surface area contributed by atoms with Crippen molar-refractivity contribution in [3.8, 4) is 11.5 Å². The molecule has 5 rings (SSSR count). The van der Waals surface area contributed by atoms with Crippen LogP contribution in [0.3, 0.4) is 0 Å². The number of anilines is 2. The monoisotopic (exact) mass is 404 g/mol. The number of H-pyrrole nitrogens is 1. The maximum atomic E-state index is 5.93. The maximum Gasteiger partial charge on any atom is 0.204 e. The lowest BCUT2D eigenvalue weighted by Gasteiger charge is -2.24. The largest absolute Gasteiger partial charge is 0.457 e. The van der Waals surface area contributed by atoms with Crippen LogP contribution in [0.2, 0.25) is 5.02 Å². The summed E-state index contributed by atoms with van der Waals surface area (Å²) in [6.45, 7) is 0.975. The summed E-state index contributed by atoms with van der Waals surface area (Å²) in [6, 6.07) is 21.7. The number of benzene rings is 3. The number of fused-ring (bicyclic) bond motifs is 1. The first-order chi connectivity index (χ1) is 14.2. The van der Waals surface area contributed by atoms with E-state index in [0.29, 0.717) is 5.02 Å². The molecule has 1 saturated heterocycles. The minimum absolute atomic E-state index is 0.289. The van der Waals surface area contributed by atoms with Gasteiger partial charge in [0.25, 0.3) is 0 Å². The molecular weight excluding hydrogens is 384 g/mol. The summed E-state index contributed by atoms with van der Waals surface area (Å²) in [5, 5.41) is 0.697. The van der Waals surface area contributed by atoms with E-state index in [4.69, 9.17) is 27.1 Å². The molecule has 0 bridgehead atoms. The summed E-state index contributed by atoms with van der Waals surface area (Å²) < 4.78 is 5.91. The molecule has 1 aromatic heterocycles. The number of nitrogens with two attached hydrogens (primary N) is 1. The van der Waals surface area contributed by atoms with E-state index in [1.165, 1.54) is 5.56 Å². The van der Waals surface area contributed by atoms with Gasteiger partial charge < -0.3 is 20.4 Å². The third-order valence-corrected chi connectivity index (χ3v) is 5.59. The molecule has 4 aromatic rings. The number of aromatic amines is 1. The van der Waals surface area contributed by atoms with Gasteiger partial charge in [0, 0.05) is 17.3 Å². The molecule has 0 spiro atoms. The Morgan fingerprint density at radius 1 is 1.00 bits per heavy atom. The number of nitrogens with one attached hydrogen (secondary N) is 1. The Labute approximate surface area is 174 Å². The molecule has 2 heterocycles. The van der Waals surface area contributed by atoms with Gasteiger partial charge in [0.15, 0.2) is 0 Å². The Balaban J connectivity index is 1.36. The third kappa shape index (κ3) is 3.61. The lowest BCUT2D eigenvalue weighted by atomic mass is 10.0. The zero-order chi connectivity index (χ0) is 19.8. The molecule has 1 unspecified atom stereocenters. The first-order valence-corrected chi connectivity index (χ1v) is 10.1. The SMILES string of the molecule is Nc1ccc2[nH]c(N3CCCC3c3ccc(Oc4ccc(Cl)cc4)cc3)nc2c1. The van der Waals surface area contributed by atoms with Crippen molar-refractivity contribution in [3.05, 3.63) is 77.3 Å². The molecule has 0 saturated carbocycles. The number of nitrogens with zero attached hydrogens (tertiary/aromatic N) is 2. The van der Waals surface area contributed by atoms with Crippen LogP contribution < -0.4 is 15.4 Å². The Hall–Kier alpha value is -3.18. The number of ether oxygens (including phenoxy) is 1. The fourth-order valence-electron chi connectivity index (χ4n) is 3.91. The highest BCUT2D eigenvalue weighted by atomic mass is 35.5. The standard InChI is InChI=1S/C23H21ClN4O/c24-16-5-10-19(11-6-16)29-18-8-3-15(4-9-18)22-2-1-13-28(22)23-26-20-12-7-17(25)14-21(20)27-23/h3-12,14,22H,1-2,13,25H2,(H,26,27). The molecule has 29 heavy (non-hydrogen) atoms. The normalized spacial score (nSPS) is 16.4. The maximum absolute atomic E-state index is 5.93. The van der Waals surface area contributed by atoms with Crippen LogP contribution in [0, 0.1) is 0 Å². The summed E-state index contributed by atoms with van der Waals surface area (Å²) in [6.07, 6.45) is 2.23. The molecule has 1 atom stereocenters. The lowest BCUT2D eigenvalue weighted by Crippen LogP contribution is -2.23. The van der Waals surface area contributed by atoms with Gasteiger partial charge in [-0.3, -0.25) is 0 Å². The number of hydrogen-bond donors (Lipinski definition) is 2. The summed E-state index contributed by atoms with van der Waals surface area (Å²) in [5.41, 5.74) is 9.78. The number of aromatic nitrogens is 2. The summed E-state index contributed by atoms with van der Waals surface area (Å²) in [7, 11) is 0. The molecule has 146 valence electrons. The van der Waals surface area contributed by atoms with E-state index in [2.05, 4.69) is 22.0 Å². The average Bonchev–Trinajstić information content (AvgIpc) is 3.36. The van der Waals surface area contributed by atoms with Gasteiger partial charge in [-0.05, 0) is 73.0 Å². The predicted molar refractivity (Wildman–Crippen MR) is 118 cm³/mol. The number of nitrogen functional groups attached to an aromatic ring is 1. The smallest absolute Gasteiger partial charge is 0.204 e. The van der Waals surface area contributed by atoms with E-state index < -0.39 is 0 Å². The molecular formula is C23H21ClN4O. The van der Waals surface area contributed by atoms with Crippen LogP contribution in [0.25, 0.3) is 11.0 Å². The van der Waals surface area contributed by atoms with E-state index >= 15 is 0 Å². The van der Waals surface area contributed by atoms with Crippen LogP contribution in [-0.4, -0.2) is 16.5 Å². The van der Waals surface area contributed by atoms with Gasteiger partial charge in [-0.25, -0.2) is 4.98 Å². The van der Waals surface area contributed by atoms with Crippen LogP contribution in [0.4, 0.5) is 11.6 Å². The highest BCUT2D eigenvalue weighted by Gasteiger charge is 2.28. The molecule has 0 radical (unpaired) electrons. The second-order valence-corrected chi connectivity index (χ2v) is 7.75. The highest BCUT2D eigenvalue weighted by molar-refractivity contribution is 6.30. The van der Waals surface area contributed by atoms with Crippen molar-refractivity contribution in [1.82, 2.24) is 9.97 Å². The van der Waals surface area contributed by atoms with E-state index in [1.54, 1.807) is 0 Å². The summed E-state index contributed by atoms with van der Waals surface area (Å²) in [5.74, 6) is 2.47. The minimum atomic E-state index is 0.289. The molecule has 1 fully saturated rings. The van der Waals surface area contributed by atoms with E-state index in [0.717, 1.165) is 53.6 Å². The minimum Gasteiger partial charge on any atom is -0.457 e. The van der Waals surface area contributed by atoms with Crippen LogP contribution in [0.1, 0.15) is 24.4 Å². The van der Waals surface area contributed by atoms with Gasteiger partial charge >= 0.3 is 0 Å². The van der Waals surface area contributed by atoms with Gasteiger partial charge in [-0.2, -0.15) is 0 Å². The van der Waals surface area contributed by atoms with Gasteiger partial charge in [-0.1, -0.05) is 23.7 Å². The Morgan fingerprint density at radius 3 is 2.48 bits per heavy atom. The van der Waals surface area contributed by atoms with Crippen LogP contribution in [0.15, 0.2) is 66.7 Å². The fourth-order valence-corrected chi connectivity index (χ4v) is 4.03. The van der Waals surface area contributed by atoms with Crippen LogP contribution in [0.5, 0.6) is 11.5 Å². The van der Waals surface area contributed by atoms with Crippen molar-refractivity contribution in [2.24, 2.45) is 0 Å². The van der Waals surface area contributed by atoms with Gasteiger partial charge in [-0.15, -0.1) is 0 Å². The molecule has 0 aliphatic carbocycles. The van der Waals surface area contributed by atoms with Crippen molar-refractivity contribution in [1.29, 1.82) is 0 Å². The molecule has 3 aromatic carbocycles. The Kier molecular flexibility index (Phi) is 4.52. The van der Waals surface area contributed by atoms with Gasteiger partial charge in [0.1, 0.15) is 11.5 Å². The average molecular weight is 405 g/mol. The van der Waals surface area contributed by atoms with Crippen molar-refractivity contribution in [2.45, 2.75) is 18.9 Å². The molecule has 1 aliphatic rings. The quantitative estimate of drug-likeness (QED) is 0.413. The fraction of sp³-hybridized carbons (Fsp3) is 0.174. The van der Waals surface area contributed by atoms with Crippen molar-refractivity contribution in [3.63, 3.8) is 0 Å². The van der Waals surface area contributed by atoms with E-state index in [9.17, 15) is 0 Å². The highest BCUT2D eigenvalue weighted by Crippen LogP contribution is 2.36. The van der Waals surface area contributed by atoms with Gasteiger partial charge in [0.05, 0.1) is 17.1 Å². The molecule has 0 amide bonds. The Morgan fingerprint density at radius 2 is 1.72 bits per heavy atom. The van der Waals surface area contributed by atoms with Crippen molar-refractivity contribution >= 4 is 34.3 Å². The number of imidazole rings is 1. The number of hydrogen-bond acceptors (Lipinski definition) is 4. The second kappa shape index (κ2) is 7.33. The Bertz CT molecular complexity index is 1140. The van der Waals surface area contributed by atoms with Crippen LogP contribution >= 0.6 is 11.6 Å². The summed E-state index contributed by atoms with van der Waals surface area (Å²) in [4.78, 5) is 10.5. The third-order valence-electron chi connectivity index (χ3n) is 5.33. The zero-order valence-corrected chi connectivity index (χ0v) is 16.6. The molecule has 1 aliphatic heterocycles. The van der Waals surface area contributed by atoms with E-state index in [1.807, 2.05) is 54.6 Å². The van der Waals surface area contributed by atoms with Crippen molar-refractivity contribution < 1.29 is 4.74 Å². The predicted octanol–water partition coefficient (Wildman–Crippen LogP) is 5.93. The van der Waals surface area contributed by atoms with E-state index in [-0.39, 0.29) is 6.04 Å². The first kappa shape index (κ1) is 17.9. The van der Waals surface area contributed by atoms with Crippen LogP contribution in [-0.2, 0) is 0 Å². The molecule has 6 heteroatoms. The summed E-state index contributed by atoms with van der Waals surface area (Å²) >= 11 is 5.93. The van der Waals surface area contributed by atoms with Crippen molar-refractivity contribution in [2.75, 3.05) is 17.2 Å². The second-order valence-electron chi connectivity index (χ2n) is 7.31. The topological polar surface area (TPSA) is 67.2 Å².